The summed E-state index contributed by atoms with van der Waals surface area (Å²) in [6, 6.07) is 3.70. The molecule has 0 aliphatic carbocycles. The van der Waals surface area contributed by atoms with E-state index in [1.807, 2.05) is 10.7 Å². The zero-order valence-electron chi connectivity index (χ0n) is 11.1. The summed E-state index contributed by atoms with van der Waals surface area (Å²) < 4.78 is 13.3. The molecule has 106 valence electrons. The molecule has 20 heavy (non-hydrogen) atoms. The zero-order valence-corrected chi connectivity index (χ0v) is 12.7. The van der Waals surface area contributed by atoms with E-state index in [1.165, 1.54) is 7.11 Å². The Morgan fingerprint density at radius 2 is 2.35 bits per heavy atom. The lowest BCUT2D eigenvalue weighted by Crippen LogP contribution is -2.19. The van der Waals surface area contributed by atoms with Gasteiger partial charge in [0.1, 0.15) is 0 Å². The second kappa shape index (κ2) is 5.54. The molecule has 1 unspecified atom stereocenters. The highest BCUT2D eigenvalue weighted by atomic mass is 79.9. The van der Waals surface area contributed by atoms with E-state index in [4.69, 9.17) is 9.47 Å². The average Bonchev–Trinajstić information content (AvgIpc) is 2.90. The summed E-state index contributed by atoms with van der Waals surface area (Å²) in [4.78, 5) is 11.9. The predicted molar refractivity (Wildman–Crippen MR) is 77.6 cm³/mol. The van der Waals surface area contributed by atoms with Gasteiger partial charge in [0.15, 0.2) is 6.23 Å². The van der Waals surface area contributed by atoms with Crippen LogP contribution in [0.25, 0.3) is 10.9 Å². The van der Waals surface area contributed by atoms with Crippen molar-refractivity contribution in [1.82, 2.24) is 9.78 Å². The van der Waals surface area contributed by atoms with Crippen molar-refractivity contribution >= 4 is 32.8 Å². The smallest absolute Gasteiger partial charge is 0.338 e. The Balaban J connectivity index is 2.11. The third-order valence-electron chi connectivity index (χ3n) is 3.51. The van der Waals surface area contributed by atoms with Gasteiger partial charge in [0.25, 0.3) is 0 Å². The monoisotopic (exact) mass is 338 g/mol. The maximum Gasteiger partial charge on any atom is 0.338 e. The largest absolute Gasteiger partial charge is 0.465 e. The molecular formula is C14H15BrN2O3. The number of rotatable bonds is 2. The molecule has 1 aromatic heterocycles. The summed E-state index contributed by atoms with van der Waals surface area (Å²) >= 11 is 3.43. The first-order valence-electron chi connectivity index (χ1n) is 6.57. The fraction of sp³-hybridized carbons (Fsp3) is 0.429. The van der Waals surface area contributed by atoms with Crippen molar-refractivity contribution in [2.75, 3.05) is 13.7 Å². The molecule has 0 spiro atoms. The summed E-state index contributed by atoms with van der Waals surface area (Å²) in [6.07, 6.45) is 4.81. The van der Waals surface area contributed by atoms with Gasteiger partial charge in [0.05, 0.1) is 24.4 Å². The van der Waals surface area contributed by atoms with Gasteiger partial charge in [-0.25, -0.2) is 9.48 Å². The lowest BCUT2D eigenvalue weighted by atomic mass is 10.1. The minimum atomic E-state index is -0.361. The Bertz CT molecular complexity index is 647. The molecular weight excluding hydrogens is 324 g/mol. The van der Waals surface area contributed by atoms with Gasteiger partial charge in [-0.3, -0.25) is 0 Å². The molecule has 0 bridgehead atoms. The molecule has 1 atom stereocenters. The molecule has 3 rings (SSSR count). The number of esters is 1. The summed E-state index contributed by atoms with van der Waals surface area (Å²) in [5.41, 5.74) is 1.39. The molecule has 1 saturated heterocycles. The van der Waals surface area contributed by atoms with E-state index in [0.717, 1.165) is 41.2 Å². The molecule has 1 aliphatic heterocycles. The van der Waals surface area contributed by atoms with Crippen LogP contribution in [0.5, 0.6) is 0 Å². The molecule has 5 nitrogen and oxygen atoms in total. The molecule has 0 amide bonds. The first-order chi connectivity index (χ1) is 9.70. The minimum Gasteiger partial charge on any atom is -0.465 e. The van der Waals surface area contributed by atoms with E-state index in [2.05, 4.69) is 21.0 Å². The normalized spacial score (nSPS) is 19.2. The molecule has 2 aromatic rings. The number of aromatic nitrogens is 2. The quantitative estimate of drug-likeness (QED) is 0.788. The van der Waals surface area contributed by atoms with Gasteiger partial charge in [0, 0.05) is 16.5 Å². The van der Waals surface area contributed by atoms with Crippen molar-refractivity contribution in [3.05, 3.63) is 28.4 Å². The third-order valence-corrected chi connectivity index (χ3v) is 3.97. The Morgan fingerprint density at radius 1 is 1.50 bits per heavy atom. The van der Waals surface area contributed by atoms with Gasteiger partial charge in [-0.2, -0.15) is 5.10 Å². The van der Waals surface area contributed by atoms with Crippen LogP contribution in [0.3, 0.4) is 0 Å². The first kappa shape index (κ1) is 13.6. The Labute approximate surface area is 125 Å². The molecule has 0 N–H and O–H groups in total. The van der Waals surface area contributed by atoms with Crippen molar-refractivity contribution in [2.45, 2.75) is 25.5 Å². The SMILES string of the molecule is COC(=O)c1cc(Br)cc2c1cnn2C1CCCCO1. The molecule has 1 aliphatic rings. The summed E-state index contributed by atoms with van der Waals surface area (Å²) in [5.74, 6) is -0.361. The maximum absolute atomic E-state index is 11.9. The van der Waals surface area contributed by atoms with Gasteiger partial charge >= 0.3 is 5.97 Å². The number of methoxy groups -OCH3 is 1. The average molecular weight is 339 g/mol. The van der Waals surface area contributed by atoms with Crippen molar-refractivity contribution < 1.29 is 14.3 Å². The molecule has 1 aromatic carbocycles. The molecule has 0 radical (unpaired) electrons. The van der Waals surface area contributed by atoms with Gasteiger partial charge in [0.2, 0.25) is 0 Å². The Morgan fingerprint density at radius 3 is 3.05 bits per heavy atom. The number of ether oxygens (including phenoxy) is 2. The first-order valence-corrected chi connectivity index (χ1v) is 7.36. The van der Waals surface area contributed by atoms with Crippen LogP contribution in [0.4, 0.5) is 0 Å². The number of halogens is 1. The summed E-state index contributed by atoms with van der Waals surface area (Å²) in [7, 11) is 1.38. The van der Waals surface area contributed by atoms with E-state index >= 15 is 0 Å². The highest BCUT2D eigenvalue weighted by Crippen LogP contribution is 2.30. The fourth-order valence-electron chi connectivity index (χ4n) is 2.54. The topological polar surface area (TPSA) is 53.3 Å². The lowest BCUT2D eigenvalue weighted by molar-refractivity contribution is -0.0366. The van der Waals surface area contributed by atoms with E-state index in [-0.39, 0.29) is 12.2 Å². The van der Waals surface area contributed by atoms with Crippen LogP contribution in [-0.4, -0.2) is 29.5 Å². The molecule has 2 heterocycles. The van der Waals surface area contributed by atoms with Gasteiger partial charge in [-0.05, 0) is 31.4 Å². The minimum absolute atomic E-state index is 0.0546. The van der Waals surface area contributed by atoms with E-state index in [1.54, 1.807) is 12.3 Å². The molecule has 0 saturated carbocycles. The second-order valence-corrected chi connectivity index (χ2v) is 5.70. The van der Waals surface area contributed by atoms with Crippen LogP contribution in [-0.2, 0) is 9.47 Å². The fourth-order valence-corrected chi connectivity index (χ4v) is 2.98. The van der Waals surface area contributed by atoms with Gasteiger partial charge in [-0.1, -0.05) is 15.9 Å². The van der Waals surface area contributed by atoms with Gasteiger partial charge in [-0.15, -0.1) is 0 Å². The van der Waals surface area contributed by atoms with Crippen molar-refractivity contribution in [1.29, 1.82) is 0 Å². The van der Waals surface area contributed by atoms with Gasteiger partial charge < -0.3 is 9.47 Å². The van der Waals surface area contributed by atoms with Crippen molar-refractivity contribution in [2.24, 2.45) is 0 Å². The Hall–Kier alpha value is -1.40. The van der Waals surface area contributed by atoms with Crippen LogP contribution in [0, 0.1) is 0 Å². The number of nitrogens with zero attached hydrogens (tertiary/aromatic N) is 2. The number of benzene rings is 1. The van der Waals surface area contributed by atoms with Crippen LogP contribution >= 0.6 is 15.9 Å². The number of hydrogen-bond acceptors (Lipinski definition) is 4. The highest BCUT2D eigenvalue weighted by molar-refractivity contribution is 9.10. The van der Waals surface area contributed by atoms with Crippen molar-refractivity contribution in [3.63, 3.8) is 0 Å². The number of carbonyl (C=O) groups excluding carboxylic acids is 1. The number of fused-ring (bicyclic) bond motifs is 1. The van der Waals surface area contributed by atoms with E-state index in [9.17, 15) is 4.79 Å². The second-order valence-electron chi connectivity index (χ2n) is 4.79. The summed E-state index contributed by atoms with van der Waals surface area (Å²) in [5, 5.41) is 5.19. The van der Waals surface area contributed by atoms with Crippen molar-refractivity contribution in [3.8, 4) is 0 Å². The van der Waals surface area contributed by atoms with Crippen LogP contribution in [0.1, 0.15) is 35.8 Å². The van der Waals surface area contributed by atoms with E-state index in [0.29, 0.717) is 5.56 Å². The predicted octanol–water partition coefficient (Wildman–Crippen LogP) is 3.28. The zero-order chi connectivity index (χ0) is 14.1. The summed E-state index contributed by atoms with van der Waals surface area (Å²) in [6.45, 7) is 0.754. The molecule has 1 fully saturated rings. The number of hydrogen-bond donors (Lipinski definition) is 0. The number of carbonyl (C=O) groups is 1. The standard InChI is InChI=1S/C14H15BrN2O3/c1-19-14(18)10-6-9(15)7-12-11(10)8-16-17(12)13-4-2-3-5-20-13/h6-8,13H,2-5H2,1H3. The van der Waals surface area contributed by atoms with Crippen LogP contribution in [0.2, 0.25) is 0 Å². The third kappa shape index (κ3) is 2.33. The van der Waals surface area contributed by atoms with Crippen LogP contribution < -0.4 is 0 Å². The Kier molecular flexibility index (Phi) is 3.76. The molecule has 6 heteroatoms. The van der Waals surface area contributed by atoms with Crippen LogP contribution in [0.15, 0.2) is 22.8 Å². The lowest BCUT2D eigenvalue weighted by Gasteiger charge is -2.23. The maximum atomic E-state index is 11.9. The van der Waals surface area contributed by atoms with E-state index < -0.39 is 0 Å². The highest BCUT2D eigenvalue weighted by Gasteiger charge is 2.21.